The van der Waals surface area contributed by atoms with E-state index < -0.39 is 0 Å². The first-order valence-corrected chi connectivity index (χ1v) is 8.33. The largest absolute Gasteiger partial charge is 0.493 e. The van der Waals surface area contributed by atoms with Crippen molar-refractivity contribution >= 4 is 23.3 Å². The molecule has 0 unspecified atom stereocenters. The number of fused-ring (bicyclic) bond motifs is 2. The second-order valence-corrected chi connectivity index (χ2v) is 6.22. The third-order valence-electron chi connectivity index (χ3n) is 4.29. The Kier molecular flexibility index (Phi) is 3.94. The van der Waals surface area contributed by atoms with Gasteiger partial charge in [-0.2, -0.15) is 0 Å². The lowest BCUT2D eigenvalue weighted by atomic mass is 10.0. The summed E-state index contributed by atoms with van der Waals surface area (Å²) in [5, 5.41) is 6.41. The Bertz CT molecular complexity index is 775. The van der Waals surface area contributed by atoms with Crippen LogP contribution in [0.5, 0.6) is 11.5 Å². The van der Waals surface area contributed by atoms with Crippen LogP contribution in [0.15, 0.2) is 30.3 Å². The average molecular weight is 345 g/mol. The molecule has 2 aliphatic rings. The molecule has 2 aliphatic heterocycles. The maximum atomic E-state index is 12.3. The number of hydrogen-bond donors (Lipinski definition) is 2. The minimum atomic E-state index is -0.284. The van der Waals surface area contributed by atoms with Crippen molar-refractivity contribution in [2.24, 2.45) is 0 Å². The summed E-state index contributed by atoms with van der Waals surface area (Å²) in [6.45, 7) is 1.63. The van der Waals surface area contributed by atoms with Gasteiger partial charge in [0.05, 0.1) is 18.9 Å². The number of carbonyl (C=O) groups is 1. The van der Waals surface area contributed by atoms with Gasteiger partial charge in [-0.1, -0.05) is 29.8 Å². The molecule has 0 bridgehead atoms. The summed E-state index contributed by atoms with van der Waals surface area (Å²) in [6.07, 6.45) is 1.61. The monoisotopic (exact) mass is 344 g/mol. The van der Waals surface area contributed by atoms with E-state index in [1.54, 1.807) is 6.07 Å². The number of anilines is 1. The number of urea groups is 1. The highest BCUT2D eigenvalue weighted by atomic mass is 35.5. The molecular formula is C18H17ClN2O3. The molecule has 2 amide bonds. The Labute approximate surface area is 144 Å². The summed E-state index contributed by atoms with van der Waals surface area (Å²) < 4.78 is 11.4. The van der Waals surface area contributed by atoms with E-state index in [1.165, 1.54) is 0 Å². The zero-order valence-corrected chi connectivity index (χ0v) is 13.8. The molecule has 0 fully saturated rings. The maximum absolute atomic E-state index is 12.3. The molecule has 24 heavy (non-hydrogen) atoms. The summed E-state index contributed by atoms with van der Waals surface area (Å²) in [7, 11) is 0. The van der Waals surface area contributed by atoms with Gasteiger partial charge in [0, 0.05) is 35.5 Å². The molecule has 0 atom stereocenters. The van der Waals surface area contributed by atoms with Gasteiger partial charge in [-0.15, -0.1) is 0 Å². The molecule has 5 nitrogen and oxygen atoms in total. The molecule has 0 aromatic heterocycles. The smallest absolute Gasteiger partial charge is 0.319 e. The Morgan fingerprint density at radius 3 is 2.88 bits per heavy atom. The summed E-state index contributed by atoms with van der Waals surface area (Å²) in [4.78, 5) is 12.3. The van der Waals surface area contributed by atoms with Crippen molar-refractivity contribution in [1.82, 2.24) is 5.32 Å². The first-order valence-electron chi connectivity index (χ1n) is 7.95. The predicted octanol–water partition coefficient (Wildman–Crippen LogP) is 3.53. The minimum absolute atomic E-state index is 0.284. The lowest BCUT2D eigenvalue weighted by Gasteiger charge is -2.15. The average Bonchev–Trinajstić information content (AvgIpc) is 3.22. The number of hydrogen-bond acceptors (Lipinski definition) is 3. The third-order valence-corrected chi connectivity index (χ3v) is 4.66. The van der Waals surface area contributed by atoms with Crippen LogP contribution in [0.3, 0.4) is 0 Å². The van der Waals surface area contributed by atoms with Gasteiger partial charge in [0.1, 0.15) is 11.5 Å². The number of nitrogens with one attached hydrogen (secondary N) is 2. The van der Waals surface area contributed by atoms with Crippen molar-refractivity contribution < 1.29 is 14.3 Å². The molecule has 0 saturated carbocycles. The van der Waals surface area contributed by atoms with E-state index in [4.69, 9.17) is 21.1 Å². The normalized spacial score (nSPS) is 14.4. The van der Waals surface area contributed by atoms with Crippen molar-refractivity contribution in [3.8, 4) is 11.5 Å². The molecular weight excluding hydrogens is 328 g/mol. The number of halogens is 1. The second kappa shape index (κ2) is 6.24. The lowest BCUT2D eigenvalue weighted by molar-refractivity contribution is 0.251. The van der Waals surface area contributed by atoms with Crippen LogP contribution in [-0.2, 0) is 19.4 Å². The van der Waals surface area contributed by atoms with E-state index >= 15 is 0 Å². The molecule has 0 spiro atoms. The van der Waals surface area contributed by atoms with E-state index in [-0.39, 0.29) is 6.03 Å². The third kappa shape index (κ3) is 2.76. The predicted molar refractivity (Wildman–Crippen MR) is 92.2 cm³/mol. The molecule has 4 rings (SSSR count). The van der Waals surface area contributed by atoms with Crippen LogP contribution in [0.1, 0.15) is 16.7 Å². The number of benzene rings is 2. The Morgan fingerprint density at radius 1 is 1.17 bits per heavy atom. The van der Waals surface area contributed by atoms with Gasteiger partial charge in [0.25, 0.3) is 0 Å². The first-order chi connectivity index (χ1) is 11.7. The standard InChI is InChI=1S/C18H17ClN2O3/c19-14-4-2-1-3-12(14)10-20-18(22)21-16-13-6-8-23-15(13)9-11-5-7-24-17(11)16/h1-4,9H,5-8,10H2,(H2,20,21,22). The Morgan fingerprint density at radius 2 is 2.00 bits per heavy atom. The molecule has 6 heteroatoms. The van der Waals surface area contributed by atoms with Crippen molar-refractivity contribution in [3.05, 3.63) is 52.0 Å². The fourth-order valence-electron chi connectivity index (χ4n) is 3.09. The minimum Gasteiger partial charge on any atom is -0.493 e. The topological polar surface area (TPSA) is 59.6 Å². The van der Waals surface area contributed by atoms with Gasteiger partial charge in [-0.3, -0.25) is 0 Å². The van der Waals surface area contributed by atoms with Crippen LogP contribution >= 0.6 is 11.6 Å². The van der Waals surface area contributed by atoms with Gasteiger partial charge in [-0.25, -0.2) is 4.79 Å². The van der Waals surface area contributed by atoms with Gasteiger partial charge >= 0.3 is 6.03 Å². The fraction of sp³-hybridized carbons (Fsp3) is 0.278. The molecule has 124 valence electrons. The highest BCUT2D eigenvalue weighted by Gasteiger charge is 2.27. The van der Waals surface area contributed by atoms with Crippen LogP contribution in [0, 0.1) is 0 Å². The van der Waals surface area contributed by atoms with E-state index in [1.807, 2.05) is 24.3 Å². The van der Waals surface area contributed by atoms with E-state index in [0.717, 1.165) is 46.7 Å². The first kappa shape index (κ1) is 15.1. The van der Waals surface area contributed by atoms with Crippen LogP contribution in [-0.4, -0.2) is 19.2 Å². The zero-order chi connectivity index (χ0) is 16.5. The number of amides is 2. The SMILES string of the molecule is O=C(NCc1ccccc1Cl)Nc1c2c(cc3c1OCC3)OCC2. The van der Waals surface area contributed by atoms with Crippen LogP contribution in [0.2, 0.25) is 5.02 Å². The number of rotatable bonds is 3. The highest BCUT2D eigenvalue weighted by Crippen LogP contribution is 2.44. The second-order valence-electron chi connectivity index (χ2n) is 5.81. The van der Waals surface area contributed by atoms with Crippen LogP contribution in [0.4, 0.5) is 10.5 Å². The summed E-state index contributed by atoms with van der Waals surface area (Å²) in [5.74, 6) is 1.62. The molecule has 2 N–H and O–H groups in total. The van der Waals surface area contributed by atoms with Crippen molar-refractivity contribution in [2.45, 2.75) is 19.4 Å². The van der Waals surface area contributed by atoms with Crippen LogP contribution in [0.25, 0.3) is 0 Å². The summed E-state index contributed by atoms with van der Waals surface area (Å²) in [5.41, 5.74) is 3.69. The van der Waals surface area contributed by atoms with Gasteiger partial charge in [0.15, 0.2) is 0 Å². The molecule has 2 aromatic rings. The fourth-order valence-corrected chi connectivity index (χ4v) is 3.30. The Balaban J connectivity index is 1.51. The highest BCUT2D eigenvalue weighted by molar-refractivity contribution is 6.31. The molecule has 0 aliphatic carbocycles. The van der Waals surface area contributed by atoms with E-state index in [2.05, 4.69) is 10.6 Å². The van der Waals surface area contributed by atoms with Crippen molar-refractivity contribution in [2.75, 3.05) is 18.5 Å². The number of carbonyl (C=O) groups excluding carboxylic acids is 1. The Hall–Kier alpha value is -2.40. The van der Waals surface area contributed by atoms with E-state index in [0.29, 0.717) is 24.8 Å². The lowest BCUT2D eigenvalue weighted by Crippen LogP contribution is -2.28. The van der Waals surface area contributed by atoms with Crippen LogP contribution < -0.4 is 20.1 Å². The van der Waals surface area contributed by atoms with Gasteiger partial charge < -0.3 is 20.1 Å². The number of ether oxygens (including phenoxy) is 2. The summed E-state index contributed by atoms with van der Waals surface area (Å²) >= 11 is 6.11. The molecule has 2 aromatic carbocycles. The van der Waals surface area contributed by atoms with E-state index in [9.17, 15) is 4.79 Å². The maximum Gasteiger partial charge on any atom is 0.319 e. The quantitative estimate of drug-likeness (QED) is 0.895. The van der Waals surface area contributed by atoms with Crippen molar-refractivity contribution in [1.29, 1.82) is 0 Å². The molecule has 0 saturated heterocycles. The summed E-state index contributed by atoms with van der Waals surface area (Å²) in [6, 6.07) is 9.18. The van der Waals surface area contributed by atoms with Gasteiger partial charge in [0.2, 0.25) is 0 Å². The molecule has 2 heterocycles. The van der Waals surface area contributed by atoms with Crippen molar-refractivity contribution in [3.63, 3.8) is 0 Å². The van der Waals surface area contributed by atoms with Gasteiger partial charge in [-0.05, 0) is 17.7 Å². The molecule has 0 radical (unpaired) electrons. The zero-order valence-electron chi connectivity index (χ0n) is 13.0.